The van der Waals surface area contributed by atoms with Crippen molar-refractivity contribution in [1.82, 2.24) is 4.98 Å². The lowest BCUT2D eigenvalue weighted by Crippen LogP contribution is -1.91. The molecule has 3 nitrogen and oxygen atoms in total. The molecule has 0 saturated carbocycles. The minimum atomic E-state index is 0.606. The van der Waals surface area contributed by atoms with Gasteiger partial charge in [0.15, 0.2) is 0 Å². The second-order valence-corrected chi connectivity index (χ2v) is 4.88. The minimum Gasteiger partial charge on any atom is -0.298 e. The van der Waals surface area contributed by atoms with Crippen molar-refractivity contribution in [2.45, 2.75) is 0 Å². The highest BCUT2D eigenvalue weighted by Gasteiger charge is 2.09. The van der Waals surface area contributed by atoms with Crippen LogP contribution in [0.15, 0.2) is 66.9 Å². The first kappa shape index (κ1) is 13.9. The summed E-state index contributed by atoms with van der Waals surface area (Å²) in [4.78, 5) is 26.2. The highest BCUT2D eigenvalue weighted by Crippen LogP contribution is 2.31. The van der Waals surface area contributed by atoms with Crippen LogP contribution in [-0.4, -0.2) is 17.6 Å². The highest BCUT2D eigenvalue weighted by molar-refractivity contribution is 5.88. The quantitative estimate of drug-likeness (QED) is 0.680. The summed E-state index contributed by atoms with van der Waals surface area (Å²) in [5.41, 5.74) is 4.87. The summed E-state index contributed by atoms with van der Waals surface area (Å²) >= 11 is 0. The van der Waals surface area contributed by atoms with Crippen LogP contribution in [0.2, 0.25) is 0 Å². The average Bonchev–Trinajstić information content (AvgIpc) is 2.62. The Bertz CT molecular complexity index is 809. The predicted octanol–water partition coefficient (Wildman–Crippen LogP) is 4.04. The minimum absolute atomic E-state index is 0.606. The number of aromatic nitrogens is 1. The Morgan fingerprint density at radius 2 is 1.45 bits per heavy atom. The van der Waals surface area contributed by atoms with Gasteiger partial charge in [-0.15, -0.1) is 0 Å². The summed E-state index contributed by atoms with van der Waals surface area (Å²) in [7, 11) is 0. The van der Waals surface area contributed by atoms with Crippen molar-refractivity contribution < 1.29 is 9.59 Å². The van der Waals surface area contributed by atoms with Crippen LogP contribution in [0.25, 0.3) is 22.4 Å². The lowest BCUT2D eigenvalue weighted by Gasteiger charge is -2.10. The van der Waals surface area contributed by atoms with Crippen LogP contribution in [0.4, 0.5) is 0 Å². The summed E-state index contributed by atoms with van der Waals surface area (Å²) in [5.74, 6) is 0. The lowest BCUT2D eigenvalue weighted by molar-refractivity contribution is 0.111. The lowest BCUT2D eigenvalue weighted by atomic mass is 9.95. The molecule has 1 aromatic heterocycles. The zero-order chi connectivity index (χ0) is 15.4. The normalized spacial score (nSPS) is 10.2. The molecule has 106 valence electrons. The third-order valence-corrected chi connectivity index (χ3v) is 3.48. The Balaban J connectivity index is 2.18. The molecule has 0 radical (unpaired) electrons. The van der Waals surface area contributed by atoms with Crippen LogP contribution in [0.5, 0.6) is 0 Å². The van der Waals surface area contributed by atoms with Gasteiger partial charge in [0.05, 0.1) is 5.69 Å². The van der Waals surface area contributed by atoms with Crippen LogP contribution in [0.1, 0.15) is 20.7 Å². The standard InChI is InChI=1S/C19H13NO2/c21-12-14-4-7-16(8-5-14)18-11-15(13-22)6-9-17(18)19-3-1-2-10-20-19/h1-13H. The van der Waals surface area contributed by atoms with Crippen LogP contribution in [0, 0.1) is 0 Å². The molecule has 0 spiro atoms. The summed E-state index contributed by atoms with van der Waals surface area (Å²) in [6.45, 7) is 0. The van der Waals surface area contributed by atoms with Gasteiger partial charge in [0, 0.05) is 22.9 Å². The van der Waals surface area contributed by atoms with Crippen molar-refractivity contribution in [2.75, 3.05) is 0 Å². The van der Waals surface area contributed by atoms with E-state index in [1.165, 1.54) is 0 Å². The molecule has 0 aliphatic rings. The number of rotatable bonds is 4. The van der Waals surface area contributed by atoms with Crippen molar-refractivity contribution in [3.8, 4) is 22.4 Å². The Hall–Kier alpha value is -3.07. The molecule has 0 saturated heterocycles. The van der Waals surface area contributed by atoms with E-state index in [9.17, 15) is 9.59 Å². The number of carbonyl (C=O) groups excluding carboxylic acids is 2. The van der Waals surface area contributed by atoms with Gasteiger partial charge in [0.25, 0.3) is 0 Å². The third kappa shape index (κ3) is 2.69. The highest BCUT2D eigenvalue weighted by atomic mass is 16.1. The molecule has 0 N–H and O–H groups in total. The maximum Gasteiger partial charge on any atom is 0.150 e. The van der Waals surface area contributed by atoms with Crippen molar-refractivity contribution in [2.24, 2.45) is 0 Å². The van der Waals surface area contributed by atoms with Gasteiger partial charge in [-0.25, -0.2) is 0 Å². The summed E-state index contributed by atoms with van der Waals surface area (Å²) < 4.78 is 0. The first-order valence-electron chi connectivity index (χ1n) is 6.88. The Morgan fingerprint density at radius 1 is 0.727 bits per heavy atom. The van der Waals surface area contributed by atoms with Crippen LogP contribution in [-0.2, 0) is 0 Å². The van der Waals surface area contributed by atoms with E-state index in [4.69, 9.17) is 0 Å². The maximum atomic E-state index is 11.1. The molecule has 0 atom stereocenters. The molecule has 3 rings (SSSR count). The smallest absolute Gasteiger partial charge is 0.150 e. The predicted molar refractivity (Wildman–Crippen MR) is 85.9 cm³/mol. The topological polar surface area (TPSA) is 47.0 Å². The van der Waals surface area contributed by atoms with Gasteiger partial charge in [-0.2, -0.15) is 0 Å². The molecule has 0 aliphatic heterocycles. The molecule has 0 unspecified atom stereocenters. The van der Waals surface area contributed by atoms with Gasteiger partial charge in [0.1, 0.15) is 12.6 Å². The molecule has 2 aromatic carbocycles. The molecule has 3 aromatic rings. The Labute approximate surface area is 128 Å². The summed E-state index contributed by atoms with van der Waals surface area (Å²) in [6, 6.07) is 18.5. The fourth-order valence-corrected chi connectivity index (χ4v) is 2.36. The SMILES string of the molecule is O=Cc1ccc(-c2cc(C=O)ccc2-c2ccccn2)cc1. The summed E-state index contributed by atoms with van der Waals surface area (Å²) in [6.07, 6.45) is 3.37. The van der Waals surface area contributed by atoms with Gasteiger partial charge in [0.2, 0.25) is 0 Å². The van der Waals surface area contributed by atoms with E-state index in [0.29, 0.717) is 11.1 Å². The van der Waals surface area contributed by atoms with E-state index in [-0.39, 0.29) is 0 Å². The number of hydrogen-bond acceptors (Lipinski definition) is 3. The molecule has 1 heterocycles. The van der Waals surface area contributed by atoms with Crippen molar-refractivity contribution in [3.05, 3.63) is 78.0 Å². The van der Waals surface area contributed by atoms with E-state index >= 15 is 0 Å². The molecular weight excluding hydrogens is 274 g/mol. The van der Waals surface area contributed by atoms with Crippen molar-refractivity contribution in [3.63, 3.8) is 0 Å². The Morgan fingerprint density at radius 3 is 2.09 bits per heavy atom. The van der Waals surface area contributed by atoms with Crippen LogP contribution in [0.3, 0.4) is 0 Å². The van der Waals surface area contributed by atoms with Crippen molar-refractivity contribution in [1.29, 1.82) is 0 Å². The van der Waals surface area contributed by atoms with E-state index in [1.807, 2.05) is 42.5 Å². The number of pyridine rings is 1. The molecular formula is C19H13NO2. The molecule has 22 heavy (non-hydrogen) atoms. The van der Waals surface area contributed by atoms with Crippen LogP contribution < -0.4 is 0 Å². The second kappa shape index (κ2) is 6.14. The third-order valence-electron chi connectivity index (χ3n) is 3.48. The van der Waals surface area contributed by atoms with E-state index in [0.717, 1.165) is 35.0 Å². The number of hydrogen-bond donors (Lipinski definition) is 0. The molecule has 0 fully saturated rings. The van der Waals surface area contributed by atoms with Gasteiger partial charge in [-0.1, -0.05) is 42.5 Å². The van der Waals surface area contributed by atoms with Gasteiger partial charge >= 0.3 is 0 Å². The first-order valence-corrected chi connectivity index (χ1v) is 6.88. The zero-order valence-corrected chi connectivity index (χ0v) is 11.8. The number of benzene rings is 2. The second-order valence-electron chi connectivity index (χ2n) is 4.88. The molecule has 3 heteroatoms. The van der Waals surface area contributed by atoms with Gasteiger partial charge in [-0.05, 0) is 29.3 Å². The van der Waals surface area contributed by atoms with Crippen LogP contribution >= 0.6 is 0 Å². The largest absolute Gasteiger partial charge is 0.298 e. The van der Waals surface area contributed by atoms with Gasteiger partial charge in [-0.3, -0.25) is 14.6 Å². The van der Waals surface area contributed by atoms with E-state index < -0.39 is 0 Å². The number of nitrogens with zero attached hydrogens (tertiary/aromatic N) is 1. The van der Waals surface area contributed by atoms with E-state index in [1.54, 1.807) is 24.4 Å². The average molecular weight is 287 g/mol. The number of aldehydes is 2. The van der Waals surface area contributed by atoms with Crippen molar-refractivity contribution >= 4 is 12.6 Å². The van der Waals surface area contributed by atoms with E-state index in [2.05, 4.69) is 4.98 Å². The molecule has 0 aliphatic carbocycles. The first-order chi connectivity index (χ1) is 10.8. The monoisotopic (exact) mass is 287 g/mol. The maximum absolute atomic E-state index is 11.1. The number of carbonyl (C=O) groups is 2. The molecule has 0 bridgehead atoms. The zero-order valence-electron chi connectivity index (χ0n) is 11.8. The fourth-order valence-electron chi connectivity index (χ4n) is 2.36. The van der Waals surface area contributed by atoms with Gasteiger partial charge < -0.3 is 0 Å². The molecule has 0 amide bonds. The Kier molecular flexibility index (Phi) is 3.88. The summed E-state index contributed by atoms with van der Waals surface area (Å²) in [5, 5.41) is 0. The fraction of sp³-hybridized carbons (Fsp3) is 0.